The molecular weight excluding hydrogens is 632 g/mol. The highest BCUT2D eigenvalue weighted by Crippen LogP contribution is 2.27. The number of aromatic nitrogens is 8. The van der Waals surface area contributed by atoms with Crippen molar-refractivity contribution in [2.75, 3.05) is 16.4 Å². The predicted molar refractivity (Wildman–Crippen MR) is 192 cm³/mol. The Morgan fingerprint density at radius 1 is 0.620 bits per heavy atom. The van der Waals surface area contributed by atoms with Gasteiger partial charge in [0.15, 0.2) is 0 Å². The molecule has 0 saturated carbocycles. The Balaban J connectivity index is 0.000000157. The molecule has 0 amide bonds. The molecule has 0 fully saturated rings. The summed E-state index contributed by atoms with van der Waals surface area (Å²) in [6.45, 7) is 1.31. The van der Waals surface area contributed by atoms with Gasteiger partial charge in [0.1, 0.15) is 23.3 Å². The van der Waals surface area contributed by atoms with Crippen LogP contribution in [0.15, 0.2) is 135 Å². The second kappa shape index (κ2) is 14.3. The number of fused-ring (bicyclic) bond motifs is 2. The van der Waals surface area contributed by atoms with Crippen molar-refractivity contribution in [2.45, 2.75) is 13.1 Å². The van der Waals surface area contributed by atoms with Gasteiger partial charge in [0.05, 0.1) is 33.7 Å². The molecular formula is C36H30N12O2. The number of nitrogen functional groups attached to an aromatic ring is 1. The fourth-order valence-corrected chi connectivity index (χ4v) is 5.55. The van der Waals surface area contributed by atoms with E-state index < -0.39 is 0 Å². The Morgan fingerprint density at radius 2 is 1.14 bits per heavy atom. The number of nitro groups is 1. The van der Waals surface area contributed by atoms with E-state index in [9.17, 15) is 10.1 Å². The highest BCUT2D eigenvalue weighted by Gasteiger charge is 2.14. The molecule has 0 saturated heterocycles. The number of anilines is 5. The van der Waals surface area contributed by atoms with Crippen LogP contribution in [0.25, 0.3) is 21.8 Å². The molecule has 0 radical (unpaired) electrons. The van der Waals surface area contributed by atoms with E-state index in [1.165, 1.54) is 6.07 Å². The lowest BCUT2D eigenvalue weighted by Crippen LogP contribution is -2.01. The van der Waals surface area contributed by atoms with E-state index in [2.05, 4.69) is 57.4 Å². The summed E-state index contributed by atoms with van der Waals surface area (Å²) < 4.78 is 4.15. The van der Waals surface area contributed by atoms with E-state index in [0.29, 0.717) is 29.4 Å². The van der Waals surface area contributed by atoms with Gasteiger partial charge in [0.25, 0.3) is 5.69 Å². The minimum Gasteiger partial charge on any atom is -0.398 e. The third-order valence-electron chi connectivity index (χ3n) is 7.83. The van der Waals surface area contributed by atoms with Crippen LogP contribution in [0.4, 0.5) is 34.6 Å². The average molecular weight is 663 g/mol. The number of non-ortho nitro benzene ring substituents is 1. The van der Waals surface area contributed by atoms with Crippen LogP contribution in [0.5, 0.6) is 0 Å². The largest absolute Gasteiger partial charge is 0.398 e. The lowest BCUT2D eigenvalue weighted by atomic mass is 10.2. The van der Waals surface area contributed by atoms with Crippen LogP contribution in [0.3, 0.4) is 0 Å². The first kappa shape index (κ1) is 31.4. The van der Waals surface area contributed by atoms with Crippen molar-refractivity contribution in [1.29, 1.82) is 0 Å². The summed E-state index contributed by atoms with van der Waals surface area (Å²) >= 11 is 0. The van der Waals surface area contributed by atoms with Crippen LogP contribution >= 0.6 is 0 Å². The minimum absolute atomic E-state index is 0.112. The number of nitrogens with one attached hydrogen (secondary N) is 2. The number of nitrogens with two attached hydrogens (primary N) is 1. The summed E-state index contributed by atoms with van der Waals surface area (Å²) in [5.74, 6) is 2.68. The van der Waals surface area contributed by atoms with Gasteiger partial charge in [-0.1, -0.05) is 12.1 Å². The quantitative estimate of drug-likeness (QED) is 0.0847. The van der Waals surface area contributed by atoms with Crippen molar-refractivity contribution < 1.29 is 4.92 Å². The van der Waals surface area contributed by atoms with E-state index in [-0.39, 0.29) is 10.6 Å². The van der Waals surface area contributed by atoms with Crippen molar-refractivity contribution >= 4 is 56.5 Å². The van der Waals surface area contributed by atoms with Crippen LogP contribution < -0.4 is 16.4 Å². The number of hydrogen-bond donors (Lipinski definition) is 3. The normalized spacial score (nSPS) is 10.8. The number of benzene rings is 2. The Labute approximate surface area is 285 Å². The van der Waals surface area contributed by atoms with E-state index >= 15 is 0 Å². The zero-order valence-corrected chi connectivity index (χ0v) is 26.5. The predicted octanol–water partition coefficient (Wildman–Crippen LogP) is 6.73. The van der Waals surface area contributed by atoms with Gasteiger partial charge < -0.3 is 25.5 Å². The first-order valence-electron chi connectivity index (χ1n) is 15.5. The fraction of sp³-hybridized carbons (Fsp3) is 0.0556. The van der Waals surface area contributed by atoms with Crippen LogP contribution in [-0.2, 0) is 13.1 Å². The van der Waals surface area contributed by atoms with Gasteiger partial charge in [0.2, 0.25) is 0 Å². The third kappa shape index (κ3) is 7.18. The monoisotopic (exact) mass is 662 g/mol. The van der Waals surface area contributed by atoms with Gasteiger partial charge in [-0.3, -0.25) is 20.1 Å². The van der Waals surface area contributed by atoms with Gasteiger partial charge in [-0.25, -0.2) is 19.9 Å². The highest BCUT2D eigenvalue weighted by molar-refractivity contribution is 5.91. The molecule has 0 aliphatic rings. The molecule has 0 aliphatic heterocycles. The van der Waals surface area contributed by atoms with Crippen molar-refractivity contribution in [1.82, 2.24) is 39.0 Å². The molecule has 2 aromatic carbocycles. The summed E-state index contributed by atoms with van der Waals surface area (Å²) in [4.78, 5) is 35.8. The maximum absolute atomic E-state index is 11.2. The number of nitrogens with zero attached hydrogens (tertiary/aromatic N) is 9. The van der Waals surface area contributed by atoms with Gasteiger partial charge in [-0.2, -0.15) is 0 Å². The second-order valence-electron chi connectivity index (χ2n) is 11.2. The molecule has 6 heterocycles. The first-order chi connectivity index (χ1) is 24.5. The fourth-order valence-electron chi connectivity index (χ4n) is 5.55. The third-order valence-corrected chi connectivity index (χ3v) is 7.83. The Morgan fingerprint density at radius 3 is 1.68 bits per heavy atom. The molecule has 0 unspecified atom stereocenters. The first-order valence-corrected chi connectivity index (χ1v) is 15.5. The van der Waals surface area contributed by atoms with Crippen molar-refractivity contribution in [3.05, 3.63) is 156 Å². The molecule has 6 aromatic heterocycles. The van der Waals surface area contributed by atoms with E-state index in [0.717, 1.165) is 45.6 Å². The average Bonchev–Trinajstić information content (AvgIpc) is 3.74. The van der Waals surface area contributed by atoms with E-state index in [1.54, 1.807) is 61.7 Å². The van der Waals surface area contributed by atoms with Crippen LogP contribution in [0.2, 0.25) is 0 Å². The summed E-state index contributed by atoms with van der Waals surface area (Å²) in [6, 6.07) is 22.7. The Hall–Kier alpha value is -7.22. The van der Waals surface area contributed by atoms with Crippen molar-refractivity contribution in [2.24, 2.45) is 0 Å². The van der Waals surface area contributed by atoms with Gasteiger partial charge in [0, 0.05) is 79.8 Å². The van der Waals surface area contributed by atoms with E-state index in [1.807, 2.05) is 59.3 Å². The lowest BCUT2D eigenvalue weighted by molar-refractivity contribution is -0.383. The zero-order chi connectivity index (χ0) is 34.3. The van der Waals surface area contributed by atoms with Crippen LogP contribution in [0, 0.1) is 10.1 Å². The standard InChI is InChI=1S/C18H14N6O2.C18H16N6/c25-24(26)16-3-1-2-15-14(16)5-9-23(15)12-13-4-6-20-17(10-13)22-18-11-19-7-8-21-18;19-15-2-1-3-16-14(15)5-9-24(16)12-13-4-6-21-17(10-13)23-18-11-20-7-8-22-18/h1-11H,12H2,(H,20,21,22);1-11H,12,19H2,(H,21,22,23). The summed E-state index contributed by atoms with van der Waals surface area (Å²) in [5.41, 5.74) is 11.0. The number of rotatable bonds is 9. The van der Waals surface area contributed by atoms with Gasteiger partial charge in [-0.15, -0.1) is 0 Å². The van der Waals surface area contributed by atoms with Gasteiger partial charge >= 0.3 is 0 Å². The molecule has 50 heavy (non-hydrogen) atoms. The Kier molecular flexibility index (Phi) is 8.96. The number of hydrogen-bond acceptors (Lipinski definition) is 11. The molecule has 14 nitrogen and oxygen atoms in total. The highest BCUT2D eigenvalue weighted by atomic mass is 16.6. The minimum atomic E-state index is -0.359. The summed E-state index contributed by atoms with van der Waals surface area (Å²) in [5, 5.41) is 19.1. The number of pyridine rings is 2. The molecule has 0 aliphatic carbocycles. The smallest absolute Gasteiger partial charge is 0.278 e. The molecule has 14 heteroatoms. The van der Waals surface area contributed by atoms with Crippen LogP contribution in [0.1, 0.15) is 11.1 Å². The SMILES string of the molecule is Nc1cccc2c1ccn2Cc1ccnc(Nc2cnccn2)c1.O=[N+]([O-])c1cccc2c1ccn2Cc1ccnc(Nc2cnccn2)c1. The molecule has 0 atom stereocenters. The maximum Gasteiger partial charge on any atom is 0.278 e. The molecule has 8 rings (SSSR count). The van der Waals surface area contributed by atoms with Crippen molar-refractivity contribution in [3.63, 3.8) is 0 Å². The topological polar surface area (TPSA) is 180 Å². The molecule has 0 spiro atoms. The summed E-state index contributed by atoms with van der Waals surface area (Å²) in [7, 11) is 0. The second-order valence-corrected chi connectivity index (χ2v) is 11.2. The van der Waals surface area contributed by atoms with Gasteiger partial charge in [-0.05, 0) is 65.7 Å². The Bertz CT molecular complexity index is 2390. The zero-order valence-electron chi connectivity index (χ0n) is 26.5. The van der Waals surface area contributed by atoms with E-state index in [4.69, 9.17) is 5.73 Å². The lowest BCUT2D eigenvalue weighted by Gasteiger charge is -2.09. The molecule has 0 bridgehead atoms. The molecule has 8 aromatic rings. The number of nitro benzene ring substituents is 1. The van der Waals surface area contributed by atoms with Crippen LogP contribution in [-0.4, -0.2) is 44.0 Å². The molecule has 246 valence electrons. The maximum atomic E-state index is 11.2. The molecule has 4 N–H and O–H groups in total. The summed E-state index contributed by atoms with van der Waals surface area (Å²) in [6.07, 6.45) is 17.2. The van der Waals surface area contributed by atoms with Crippen molar-refractivity contribution in [3.8, 4) is 0 Å².